The van der Waals surface area contributed by atoms with Gasteiger partial charge in [-0.05, 0) is 101 Å². The van der Waals surface area contributed by atoms with Crippen LogP contribution in [0.3, 0.4) is 0 Å². The van der Waals surface area contributed by atoms with E-state index in [1.54, 1.807) is 28.1 Å². The van der Waals surface area contributed by atoms with Crippen LogP contribution in [-0.4, -0.2) is 88.1 Å². The first-order valence-electron chi connectivity index (χ1n) is 16.7. The third-order valence-corrected chi connectivity index (χ3v) is 8.67. The first-order valence-corrected chi connectivity index (χ1v) is 16.7. The SMILES string of the molecule is CCN(CC)CCCOc1ccc(CCC(=O)C(C)(C)C(=O)CCc2ccc(OCCCN(CC)CC)c(OC)c2)cc1OC. The zero-order valence-corrected chi connectivity index (χ0v) is 29.2. The molecule has 0 N–H and O–H groups in total. The van der Waals surface area contributed by atoms with Gasteiger partial charge in [-0.3, -0.25) is 9.59 Å². The zero-order valence-electron chi connectivity index (χ0n) is 29.2. The van der Waals surface area contributed by atoms with Gasteiger partial charge in [0, 0.05) is 25.9 Å². The highest BCUT2D eigenvalue weighted by molar-refractivity contribution is 6.06. The fourth-order valence-electron chi connectivity index (χ4n) is 5.29. The third-order valence-electron chi connectivity index (χ3n) is 8.67. The van der Waals surface area contributed by atoms with Crippen LogP contribution in [0.5, 0.6) is 23.0 Å². The van der Waals surface area contributed by atoms with Crippen molar-refractivity contribution < 1.29 is 28.5 Å². The van der Waals surface area contributed by atoms with E-state index < -0.39 is 5.41 Å². The normalized spacial score (nSPS) is 11.6. The Morgan fingerprint density at radius 3 is 1.33 bits per heavy atom. The number of rotatable bonds is 24. The average Bonchev–Trinajstić information content (AvgIpc) is 3.06. The maximum absolute atomic E-state index is 13.2. The summed E-state index contributed by atoms with van der Waals surface area (Å²) in [5.74, 6) is 2.60. The highest BCUT2D eigenvalue weighted by Crippen LogP contribution is 2.31. The lowest BCUT2D eigenvalue weighted by atomic mass is 9.79. The van der Waals surface area contributed by atoms with Crippen molar-refractivity contribution in [2.24, 2.45) is 5.41 Å². The van der Waals surface area contributed by atoms with Gasteiger partial charge in [0.25, 0.3) is 0 Å². The largest absolute Gasteiger partial charge is 0.493 e. The summed E-state index contributed by atoms with van der Waals surface area (Å²) in [5.41, 5.74) is 0.888. The van der Waals surface area contributed by atoms with Gasteiger partial charge in [0.1, 0.15) is 11.6 Å². The quantitative estimate of drug-likeness (QED) is 0.0947. The highest BCUT2D eigenvalue weighted by atomic mass is 16.5. The van der Waals surface area contributed by atoms with Crippen LogP contribution in [0.2, 0.25) is 0 Å². The van der Waals surface area contributed by atoms with Crippen LogP contribution in [0.1, 0.15) is 78.4 Å². The van der Waals surface area contributed by atoms with E-state index in [-0.39, 0.29) is 24.4 Å². The van der Waals surface area contributed by atoms with Gasteiger partial charge in [0.15, 0.2) is 23.0 Å². The Kier molecular flexibility index (Phi) is 17.0. The van der Waals surface area contributed by atoms with Gasteiger partial charge in [-0.15, -0.1) is 0 Å². The van der Waals surface area contributed by atoms with Gasteiger partial charge in [-0.2, -0.15) is 0 Å². The van der Waals surface area contributed by atoms with E-state index in [2.05, 4.69) is 37.5 Å². The summed E-state index contributed by atoms with van der Waals surface area (Å²) in [6.45, 7) is 19.5. The molecule has 0 heterocycles. The Balaban J connectivity index is 1.87. The minimum Gasteiger partial charge on any atom is -0.493 e. The summed E-state index contributed by atoms with van der Waals surface area (Å²) in [4.78, 5) is 31.2. The molecule has 0 saturated carbocycles. The highest BCUT2D eigenvalue weighted by Gasteiger charge is 2.34. The molecule has 0 aliphatic rings. The lowest BCUT2D eigenvalue weighted by Gasteiger charge is -2.22. The number of aryl methyl sites for hydroxylation is 2. The smallest absolute Gasteiger partial charge is 0.161 e. The molecule has 8 heteroatoms. The lowest BCUT2D eigenvalue weighted by Crippen LogP contribution is -2.34. The fourth-order valence-corrected chi connectivity index (χ4v) is 5.29. The number of ether oxygens (including phenoxy) is 4. The monoisotopic (exact) mass is 626 g/mol. The molecule has 0 atom stereocenters. The second-order valence-electron chi connectivity index (χ2n) is 11.9. The molecule has 0 aliphatic heterocycles. The molecular weight excluding hydrogens is 568 g/mol. The summed E-state index contributed by atoms with van der Waals surface area (Å²) in [5, 5.41) is 0. The second-order valence-corrected chi connectivity index (χ2v) is 11.9. The van der Waals surface area contributed by atoms with Crippen molar-refractivity contribution in [3.63, 3.8) is 0 Å². The molecule has 0 amide bonds. The van der Waals surface area contributed by atoms with Crippen molar-refractivity contribution in [3.8, 4) is 23.0 Å². The molecule has 2 rings (SSSR count). The Bertz CT molecular complexity index is 1080. The molecule has 2 aromatic rings. The van der Waals surface area contributed by atoms with Gasteiger partial charge in [0.05, 0.1) is 32.8 Å². The van der Waals surface area contributed by atoms with Crippen LogP contribution in [0.25, 0.3) is 0 Å². The zero-order chi connectivity index (χ0) is 33.2. The molecule has 2 aromatic carbocycles. The average molecular weight is 627 g/mol. The molecule has 0 aliphatic carbocycles. The van der Waals surface area contributed by atoms with E-state index in [1.165, 1.54) is 0 Å². The molecule has 252 valence electrons. The van der Waals surface area contributed by atoms with Crippen LogP contribution < -0.4 is 18.9 Å². The Labute approximate surface area is 272 Å². The van der Waals surface area contributed by atoms with E-state index in [0.717, 1.165) is 63.2 Å². The Hall–Kier alpha value is -3.10. The molecule has 0 fully saturated rings. The van der Waals surface area contributed by atoms with E-state index in [0.29, 0.717) is 49.1 Å². The van der Waals surface area contributed by atoms with E-state index in [4.69, 9.17) is 18.9 Å². The van der Waals surface area contributed by atoms with Crippen molar-refractivity contribution >= 4 is 11.6 Å². The van der Waals surface area contributed by atoms with Crippen molar-refractivity contribution in [2.75, 3.05) is 66.7 Å². The first-order chi connectivity index (χ1) is 21.6. The van der Waals surface area contributed by atoms with Gasteiger partial charge >= 0.3 is 0 Å². The van der Waals surface area contributed by atoms with Crippen LogP contribution >= 0.6 is 0 Å². The summed E-state index contributed by atoms with van der Waals surface area (Å²) in [7, 11) is 3.25. The lowest BCUT2D eigenvalue weighted by molar-refractivity contribution is -0.138. The number of hydrogen-bond donors (Lipinski definition) is 0. The van der Waals surface area contributed by atoms with Gasteiger partial charge in [-0.25, -0.2) is 0 Å². The van der Waals surface area contributed by atoms with Crippen LogP contribution in [-0.2, 0) is 22.4 Å². The molecule has 8 nitrogen and oxygen atoms in total. The molecule has 45 heavy (non-hydrogen) atoms. The molecule has 0 saturated heterocycles. The number of benzene rings is 2. The maximum atomic E-state index is 13.2. The number of carbonyl (C=O) groups is 2. The van der Waals surface area contributed by atoms with E-state index in [1.807, 2.05) is 36.4 Å². The number of carbonyl (C=O) groups excluding carboxylic acids is 2. The second kappa shape index (κ2) is 20.1. The van der Waals surface area contributed by atoms with Gasteiger partial charge in [-0.1, -0.05) is 39.8 Å². The maximum Gasteiger partial charge on any atom is 0.161 e. The van der Waals surface area contributed by atoms with Crippen molar-refractivity contribution in [2.45, 2.75) is 80.1 Å². The molecular formula is C37H58N2O6. The Morgan fingerprint density at radius 1 is 0.622 bits per heavy atom. The van der Waals surface area contributed by atoms with Gasteiger partial charge < -0.3 is 28.7 Å². The molecule has 0 spiro atoms. The summed E-state index contributed by atoms with van der Waals surface area (Å²) < 4.78 is 23.1. The molecule has 0 aromatic heterocycles. The summed E-state index contributed by atoms with van der Waals surface area (Å²) in [6.07, 6.45) is 3.49. The molecule has 0 radical (unpaired) electrons. The standard InChI is InChI=1S/C37H58N2O6/c1-9-38(10-2)23-13-25-44-31-19-15-29(27-33(31)42-7)17-21-35(40)37(5,6)36(41)22-18-30-16-20-32(34(28-30)43-8)45-26-14-24-39(11-3)12-4/h15-16,19-20,27-28H,9-14,17-18,21-26H2,1-8H3. The van der Waals surface area contributed by atoms with Crippen molar-refractivity contribution in [1.29, 1.82) is 0 Å². The summed E-state index contributed by atoms with van der Waals surface area (Å²) in [6, 6.07) is 11.6. The summed E-state index contributed by atoms with van der Waals surface area (Å²) >= 11 is 0. The van der Waals surface area contributed by atoms with E-state index >= 15 is 0 Å². The topological polar surface area (TPSA) is 77.5 Å². The van der Waals surface area contributed by atoms with Crippen LogP contribution in [0.4, 0.5) is 0 Å². The third kappa shape index (κ3) is 12.3. The predicted molar refractivity (Wildman–Crippen MR) is 182 cm³/mol. The van der Waals surface area contributed by atoms with E-state index in [9.17, 15) is 9.59 Å². The Morgan fingerprint density at radius 2 is 1.00 bits per heavy atom. The van der Waals surface area contributed by atoms with Crippen molar-refractivity contribution in [3.05, 3.63) is 47.5 Å². The number of Topliss-reactive ketones (excluding diaryl/α,β-unsaturated/α-hetero) is 2. The molecule has 0 unspecified atom stereocenters. The van der Waals surface area contributed by atoms with Crippen LogP contribution in [0, 0.1) is 5.41 Å². The van der Waals surface area contributed by atoms with Crippen LogP contribution in [0.15, 0.2) is 36.4 Å². The number of methoxy groups -OCH3 is 2. The minimum absolute atomic E-state index is 0.0609. The number of ketones is 2. The number of hydrogen-bond acceptors (Lipinski definition) is 8. The number of nitrogens with zero attached hydrogens (tertiary/aromatic N) is 2. The van der Waals surface area contributed by atoms with Crippen molar-refractivity contribution in [1.82, 2.24) is 9.80 Å². The minimum atomic E-state index is -1.06. The van der Waals surface area contributed by atoms with Gasteiger partial charge in [0.2, 0.25) is 0 Å². The first kappa shape index (κ1) is 38.1. The molecule has 0 bridgehead atoms. The fraction of sp³-hybridized carbons (Fsp3) is 0.622. The predicted octanol–water partition coefficient (Wildman–Crippen LogP) is 6.66.